The van der Waals surface area contributed by atoms with Crippen LogP contribution in [0.4, 0.5) is 0 Å². The molecule has 0 aliphatic carbocycles. The average molecular weight is 304 g/mol. The van der Waals surface area contributed by atoms with E-state index in [1.165, 1.54) is 0 Å². The van der Waals surface area contributed by atoms with Crippen LogP contribution in [-0.4, -0.2) is 41.2 Å². The summed E-state index contributed by atoms with van der Waals surface area (Å²) in [6.07, 6.45) is 2.00. The molecule has 0 aliphatic rings. The SMILES string of the molecule is Cc1nn(C)c(C)c1CC(=O)NCC(c1ccco1)N(C)C. The molecule has 120 valence electrons. The molecule has 0 bridgehead atoms. The number of carbonyl (C=O) groups is 1. The van der Waals surface area contributed by atoms with Crippen molar-refractivity contribution in [1.82, 2.24) is 20.0 Å². The first-order chi connectivity index (χ1) is 10.4. The molecule has 0 saturated carbocycles. The standard InChI is InChI=1S/C16H24N4O2/c1-11-13(12(2)20(5)18-11)9-16(21)17-10-14(19(3)4)15-7-6-8-22-15/h6-8,14H,9-10H2,1-5H3,(H,17,21). The second kappa shape index (κ2) is 6.79. The lowest BCUT2D eigenvalue weighted by Gasteiger charge is -2.22. The Kier molecular flexibility index (Phi) is 5.03. The predicted molar refractivity (Wildman–Crippen MR) is 84.5 cm³/mol. The van der Waals surface area contributed by atoms with Gasteiger partial charge in [0, 0.05) is 24.8 Å². The van der Waals surface area contributed by atoms with Gasteiger partial charge in [-0.1, -0.05) is 0 Å². The summed E-state index contributed by atoms with van der Waals surface area (Å²) in [5, 5.41) is 7.33. The number of aromatic nitrogens is 2. The molecule has 0 aliphatic heterocycles. The molecule has 2 heterocycles. The van der Waals surface area contributed by atoms with Crippen LogP contribution in [0.25, 0.3) is 0 Å². The molecule has 0 radical (unpaired) electrons. The zero-order chi connectivity index (χ0) is 16.3. The van der Waals surface area contributed by atoms with Crippen molar-refractivity contribution in [2.45, 2.75) is 26.3 Å². The lowest BCUT2D eigenvalue weighted by atomic mass is 10.1. The van der Waals surface area contributed by atoms with Gasteiger partial charge in [-0.05, 0) is 40.1 Å². The molecule has 2 aromatic rings. The first-order valence-corrected chi connectivity index (χ1v) is 7.35. The monoisotopic (exact) mass is 304 g/mol. The third-order valence-electron chi connectivity index (χ3n) is 3.98. The van der Waals surface area contributed by atoms with Crippen molar-refractivity contribution in [3.05, 3.63) is 41.1 Å². The third kappa shape index (κ3) is 3.57. The lowest BCUT2D eigenvalue weighted by molar-refractivity contribution is -0.120. The van der Waals surface area contributed by atoms with Crippen LogP contribution in [0.15, 0.2) is 22.8 Å². The highest BCUT2D eigenvalue weighted by Gasteiger charge is 2.19. The van der Waals surface area contributed by atoms with Crippen molar-refractivity contribution in [2.75, 3.05) is 20.6 Å². The van der Waals surface area contributed by atoms with E-state index in [1.807, 2.05) is 56.7 Å². The number of hydrogen-bond acceptors (Lipinski definition) is 4. The number of aryl methyl sites for hydroxylation is 2. The van der Waals surface area contributed by atoms with Gasteiger partial charge in [0.05, 0.1) is 24.4 Å². The molecular formula is C16H24N4O2. The Balaban J connectivity index is 1.97. The number of rotatable bonds is 6. The minimum atomic E-state index is -0.00222. The third-order valence-corrected chi connectivity index (χ3v) is 3.98. The van der Waals surface area contributed by atoms with Gasteiger partial charge in [-0.25, -0.2) is 0 Å². The van der Waals surface area contributed by atoms with Crippen molar-refractivity contribution >= 4 is 5.91 Å². The van der Waals surface area contributed by atoms with Crippen molar-refractivity contribution in [1.29, 1.82) is 0 Å². The summed E-state index contributed by atoms with van der Waals surface area (Å²) < 4.78 is 7.25. The molecular weight excluding hydrogens is 280 g/mol. The average Bonchev–Trinajstić information content (AvgIpc) is 3.04. The maximum atomic E-state index is 12.2. The summed E-state index contributed by atoms with van der Waals surface area (Å²) in [5.74, 6) is 0.844. The molecule has 1 unspecified atom stereocenters. The Bertz CT molecular complexity index is 629. The maximum Gasteiger partial charge on any atom is 0.224 e. The minimum Gasteiger partial charge on any atom is -0.468 e. The Morgan fingerprint density at radius 1 is 1.45 bits per heavy atom. The van der Waals surface area contributed by atoms with Gasteiger partial charge >= 0.3 is 0 Å². The lowest BCUT2D eigenvalue weighted by Crippen LogP contribution is -2.35. The van der Waals surface area contributed by atoms with E-state index in [0.717, 1.165) is 22.7 Å². The molecule has 6 heteroatoms. The van der Waals surface area contributed by atoms with Crippen LogP contribution in [-0.2, 0) is 18.3 Å². The van der Waals surface area contributed by atoms with E-state index in [4.69, 9.17) is 4.42 Å². The van der Waals surface area contributed by atoms with E-state index in [1.54, 1.807) is 6.26 Å². The predicted octanol–water partition coefficient (Wildman–Crippen LogP) is 1.59. The van der Waals surface area contributed by atoms with Gasteiger partial charge in [0.2, 0.25) is 5.91 Å². The van der Waals surface area contributed by atoms with Crippen LogP contribution in [0.3, 0.4) is 0 Å². The van der Waals surface area contributed by atoms with E-state index < -0.39 is 0 Å². The summed E-state index contributed by atoms with van der Waals surface area (Å²) in [6, 6.07) is 3.80. The normalized spacial score (nSPS) is 12.6. The van der Waals surface area contributed by atoms with Gasteiger partial charge in [-0.3, -0.25) is 14.4 Å². The van der Waals surface area contributed by atoms with Gasteiger partial charge < -0.3 is 9.73 Å². The molecule has 0 spiro atoms. The van der Waals surface area contributed by atoms with Crippen molar-refractivity contribution in [2.24, 2.45) is 7.05 Å². The molecule has 22 heavy (non-hydrogen) atoms. The van der Waals surface area contributed by atoms with Crippen LogP contribution in [0, 0.1) is 13.8 Å². The summed E-state index contributed by atoms with van der Waals surface area (Å²) in [5.41, 5.74) is 2.94. The van der Waals surface area contributed by atoms with Gasteiger partial charge in [0.25, 0.3) is 0 Å². The first kappa shape index (κ1) is 16.3. The van der Waals surface area contributed by atoms with Crippen LogP contribution in [0.5, 0.6) is 0 Å². The van der Waals surface area contributed by atoms with Crippen molar-refractivity contribution in [3.63, 3.8) is 0 Å². The Labute approximate surface area is 131 Å². The number of hydrogen-bond donors (Lipinski definition) is 1. The number of amides is 1. The van der Waals surface area contributed by atoms with Gasteiger partial charge in [-0.2, -0.15) is 5.10 Å². The van der Waals surface area contributed by atoms with Crippen molar-refractivity contribution in [3.8, 4) is 0 Å². The second-order valence-electron chi connectivity index (χ2n) is 5.75. The number of carbonyl (C=O) groups excluding carboxylic acids is 1. The fraction of sp³-hybridized carbons (Fsp3) is 0.500. The molecule has 0 aromatic carbocycles. The molecule has 1 atom stereocenters. The fourth-order valence-electron chi connectivity index (χ4n) is 2.53. The maximum absolute atomic E-state index is 12.2. The zero-order valence-corrected chi connectivity index (χ0v) is 13.9. The summed E-state index contributed by atoms with van der Waals surface area (Å²) in [6.45, 7) is 4.42. The highest BCUT2D eigenvalue weighted by Crippen LogP contribution is 2.18. The smallest absolute Gasteiger partial charge is 0.224 e. The number of nitrogens with zero attached hydrogens (tertiary/aromatic N) is 3. The van der Waals surface area contributed by atoms with Crippen LogP contribution < -0.4 is 5.32 Å². The Morgan fingerprint density at radius 2 is 2.18 bits per heavy atom. The zero-order valence-electron chi connectivity index (χ0n) is 13.9. The molecule has 2 aromatic heterocycles. The molecule has 1 N–H and O–H groups in total. The van der Waals surface area contributed by atoms with E-state index >= 15 is 0 Å². The molecule has 2 rings (SSSR count). The number of nitrogens with one attached hydrogen (secondary N) is 1. The number of furan rings is 1. The summed E-state index contributed by atoms with van der Waals surface area (Å²) in [7, 11) is 5.83. The van der Waals surface area contributed by atoms with Crippen molar-refractivity contribution < 1.29 is 9.21 Å². The topological polar surface area (TPSA) is 63.3 Å². The number of likely N-dealkylation sites (N-methyl/N-ethyl adjacent to an activating group) is 1. The fourth-order valence-corrected chi connectivity index (χ4v) is 2.53. The van der Waals surface area contributed by atoms with Gasteiger partial charge in [0.1, 0.15) is 5.76 Å². The highest BCUT2D eigenvalue weighted by molar-refractivity contribution is 5.79. The quantitative estimate of drug-likeness (QED) is 0.880. The van der Waals surface area contributed by atoms with Gasteiger partial charge in [0.15, 0.2) is 0 Å². The minimum absolute atomic E-state index is 0.00222. The van der Waals surface area contributed by atoms with E-state index in [2.05, 4.69) is 10.4 Å². The first-order valence-electron chi connectivity index (χ1n) is 7.35. The highest BCUT2D eigenvalue weighted by atomic mass is 16.3. The molecule has 1 amide bonds. The Hall–Kier alpha value is -2.08. The summed E-state index contributed by atoms with van der Waals surface area (Å²) >= 11 is 0. The van der Waals surface area contributed by atoms with E-state index in [9.17, 15) is 4.79 Å². The van der Waals surface area contributed by atoms with E-state index in [-0.39, 0.29) is 11.9 Å². The van der Waals surface area contributed by atoms with E-state index in [0.29, 0.717) is 13.0 Å². The largest absolute Gasteiger partial charge is 0.468 e. The molecule has 0 saturated heterocycles. The molecule has 6 nitrogen and oxygen atoms in total. The van der Waals surface area contributed by atoms with Gasteiger partial charge in [-0.15, -0.1) is 0 Å². The summed E-state index contributed by atoms with van der Waals surface area (Å²) in [4.78, 5) is 14.3. The van der Waals surface area contributed by atoms with Crippen LogP contribution >= 0.6 is 0 Å². The molecule has 0 fully saturated rings. The van der Waals surface area contributed by atoms with Crippen LogP contribution in [0.1, 0.15) is 28.8 Å². The van der Waals surface area contributed by atoms with Crippen LogP contribution in [0.2, 0.25) is 0 Å². The Morgan fingerprint density at radius 3 is 2.68 bits per heavy atom. The second-order valence-corrected chi connectivity index (χ2v) is 5.75.